The highest BCUT2D eigenvalue weighted by molar-refractivity contribution is 5.79. The quantitative estimate of drug-likeness (QED) is 0.725. The molecule has 0 aliphatic heterocycles. The second-order valence-corrected chi connectivity index (χ2v) is 3.95. The van der Waals surface area contributed by atoms with Crippen molar-refractivity contribution in [3.8, 4) is 6.07 Å². The van der Waals surface area contributed by atoms with E-state index in [-0.39, 0.29) is 18.8 Å². The van der Waals surface area contributed by atoms with Gasteiger partial charge in [-0.15, -0.1) is 0 Å². The van der Waals surface area contributed by atoms with Crippen LogP contribution in [0.4, 0.5) is 8.78 Å². The Morgan fingerprint density at radius 1 is 1.47 bits per heavy atom. The molecule has 0 aromatic carbocycles. The molecular weight excluding hydrogens is 204 g/mol. The van der Waals surface area contributed by atoms with Gasteiger partial charge in [0.25, 0.3) is 0 Å². The van der Waals surface area contributed by atoms with Crippen molar-refractivity contribution in [2.45, 2.75) is 38.7 Å². The van der Waals surface area contributed by atoms with Crippen LogP contribution in [0.1, 0.15) is 32.1 Å². The average Bonchev–Trinajstić information content (AvgIpc) is 2.20. The number of carbonyl (C=O) groups is 1. The van der Waals surface area contributed by atoms with Crippen molar-refractivity contribution in [2.24, 2.45) is 5.41 Å². The van der Waals surface area contributed by atoms with E-state index in [4.69, 9.17) is 5.26 Å². The SMILES string of the molecule is N#CCC1(COC(F)F)CCC(=O)CC1. The lowest BCUT2D eigenvalue weighted by atomic mass is 9.72. The first kappa shape index (κ1) is 12.1. The summed E-state index contributed by atoms with van der Waals surface area (Å²) < 4.78 is 28.1. The van der Waals surface area contributed by atoms with Crippen LogP contribution in [0.5, 0.6) is 0 Å². The van der Waals surface area contributed by atoms with Crippen molar-refractivity contribution < 1.29 is 18.3 Å². The minimum absolute atomic E-state index is 0.133. The Balaban J connectivity index is 2.55. The second kappa shape index (κ2) is 5.17. The van der Waals surface area contributed by atoms with Crippen molar-refractivity contribution in [1.29, 1.82) is 5.26 Å². The van der Waals surface area contributed by atoms with Gasteiger partial charge in [-0.2, -0.15) is 14.0 Å². The summed E-state index contributed by atoms with van der Waals surface area (Å²) in [5.41, 5.74) is -0.543. The van der Waals surface area contributed by atoms with E-state index in [0.29, 0.717) is 25.7 Å². The minimum atomic E-state index is -2.81. The van der Waals surface area contributed by atoms with E-state index in [9.17, 15) is 13.6 Å². The largest absolute Gasteiger partial charge is 0.345 e. The van der Waals surface area contributed by atoms with E-state index >= 15 is 0 Å². The van der Waals surface area contributed by atoms with E-state index in [2.05, 4.69) is 4.74 Å². The number of alkyl halides is 2. The van der Waals surface area contributed by atoms with Crippen LogP contribution in [-0.4, -0.2) is 19.0 Å². The predicted molar refractivity (Wildman–Crippen MR) is 48.1 cm³/mol. The van der Waals surface area contributed by atoms with Gasteiger partial charge >= 0.3 is 6.61 Å². The van der Waals surface area contributed by atoms with Gasteiger partial charge in [-0.05, 0) is 12.8 Å². The Morgan fingerprint density at radius 3 is 2.53 bits per heavy atom. The van der Waals surface area contributed by atoms with E-state index in [0.717, 1.165) is 0 Å². The fourth-order valence-corrected chi connectivity index (χ4v) is 1.84. The van der Waals surface area contributed by atoms with Crippen LogP contribution in [0.2, 0.25) is 0 Å². The third kappa shape index (κ3) is 3.56. The zero-order valence-electron chi connectivity index (χ0n) is 8.34. The average molecular weight is 217 g/mol. The van der Waals surface area contributed by atoms with Crippen LogP contribution < -0.4 is 0 Å². The summed E-state index contributed by atoms with van der Waals surface area (Å²) in [5.74, 6) is 0.139. The topological polar surface area (TPSA) is 50.1 Å². The second-order valence-electron chi connectivity index (χ2n) is 3.95. The number of ether oxygens (including phenoxy) is 1. The van der Waals surface area contributed by atoms with E-state index in [1.807, 2.05) is 6.07 Å². The number of nitrogens with zero attached hydrogens (tertiary/aromatic N) is 1. The van der Waals surface area contributed by atoms with Crippen LogP contribution in [0.15, 0.2) is 0 Å². The Hall–Kier alpha value is -1.02. The third-order valence-electron chi connectivity index (χ3n) is 2.84. The molecule has 5 heteroatoms. The van der Waals surface area contributed by atoms with Crippen LogP contribution in [0, 0.1) is 16.7 Å². The molecular formula is C10H13F2NO2. The Labute approximate surface area is 87.0 Å². The summed E-state index contributed by atoms with van der Waals surface area (Å²) in [6.07, 6.45) is 1.87. The van der Waals surface area contributed by atoms with Crippen LogP contribution in [0.3, 0.4) is 0 Å². The lowest BCUT2D eigenvalue weighted by Gasteiger charge is -2.34. The van der Waals surface area contributed by atoms with Crippen molar-refractivity contribution in [3.63, 3.8) is 0 Å². The maximum absolute atomic E-state index is 11.9. The molecule has 0 radical (unpaired) electrons. The molecule has 0 atom stereocenters. The number of hydrogen-bond donors (Lipinski definition) is 0. The molecule has 0 saturated heterocycles. The fourth-order valence-electron chi connectivity index (χ4n) is 1.84. The van der Waals surface area contributed by atoms with Crippen molar-refractivity contribution in [2.75, 3.05) is 6.61 Å². The van der Waals surface area contributed by atoms with Gasteiger partial charge in [0.1, 0.15) is 5.78 Å². The van der Waals surface area contributed by atoms with Gasteiger partial charge in [0.05, 0.1) is 12.7 Å². The number of nitriles is 1. The van der Waals surface area contributed by atoms with Gasteiger partial charge in [-0.3, -0.25) is 4.79 Å². The lowest BCUT2D eigenvalue weighted by molar-refractivity contribution is -0.157. The number of halogens is 2. The standard InChI is InChI=1S/C10H13F2NO2/c11-9(12)15-7-10(5-6-13)3-1-8(14)2-4-10/h9H,1-5,7H2. The molecule has 1 saturated carbocycles. The van der Waals surface area contributed by atoms with Crippen molar-refractivity contribution >= 4 is 5.78 Å². The molecule has 0 amide bonds. The number of ketones is 1. The Bertz CT molecular complexity index is 263. The van der Waals surface area contributed by atoms with Gasteiger partial charge in [-0.1, -0.05) is 0 Å². The molecule has 15 heavy (non-hydrogen) atoms. The summed E-state index contributed by atoms with van der Waals surface area (Å²) in [4.78, 5) is 11.0. The van der Waals surface area contributed by atoms with Gasteiger partial charge in [0.15, 0.2) is 0 Å². The first-order valence-corrected chi connectivity index (χ1v) is 4.86. The molecule has 0 aromatic heterocycles. The molecule has 1 fully saturated rings. The Morgan fingerprint density at radius 2 is 2.07 bits per heavy atom. The number of rotatable bonds is 4. The monoisotopic (exact) mass is 217 g/mol. The molecule has 0 spiro atoms. The molecule has 0 heterocycles. The van der Waals surface area contributed by atoms with Crippen LogP contribution in [-0.2, 0) is 9.53 Å². The van der Waals surface area contributed by atoms with E-state index < -0.39 is 12.0 Å². The number of hydrogen-bond acceptors (Lipinski definition) is 3. The maximum atomic E-state index is 11.9. The molecule has 0 aromatic rings. The highest BCUT2D eigenvalue weighted by Crippen LogP contribution is 2.38. The molecule has 1 aliphatic carbocycles. The number of Topliss-reactive ketones (excluding diaryl/α,β-unsaturated/α-hetero) is 1. The first-order valence-electron chi connectivity index (χ1n) is 4.86. The molecule has 0 N–H and O–H groups in total. The first-order chi connectivity index (χ1) is 7.08. The summed E-state index contributed by atoms with van der Waals surface area (Å²) in [6.45, 7) is -2.94. The maximum Gasteiger partial charge on any atom is 0.345 e. The highest BCUT2D eigenvalue weighted by Gasteiger charge is 2.35. The summed E-state index contributed by atoms with van der Waals surface area (Å²) >= 11 is 0. The van der Waals surface area contributed by atoms with E-state index in [1.165, 1.54) is 0 Å². The van der Waals surface area contributed by atoms with Gasteiger partial charge in [-0.25, -0.2) is 0 Å². The van der Waals surface area contributed by atoms with Crippen molar-refractivity contribution in [3.05, 3.63) is 0 Å². The summed E-state index contributed by atoms with van der Waals surface area (Å²) in [6, 6.07) is 1.98. The normalized spacial score (nSPS) is 20.3. The predicted octanol–water partition coefficient (Wildman–Crippen LogP) is 2.27. The van der Waals surface area contributed by atoms with Crippen molar-refractivity contribution in [1.82, 2.24) is 0 Å². The number of carbonyl (C=O) groups excluding carboxylic acids is 1. The summed E-state index contributed by atoms with van der Waals surface area (Å²) in [7, 11) is 0. The highest BCUT2D eigenvalue weighted by atomic mass is 19.3. The Kier molecular flexibility index (Phi) is 4.15. The van der Waals surface area contributed by atoms with Gasteiger partial charge in [0, 0.05) is 24.7 Å². The van der Waals surface area contributed by atoms with Crippen LogP contribution in [0.25, 0.3) is 0 Å². The smallest absolute Gasteiger partial charge is 0.322 e. The zero-order chi connectivity index (χ0) is 11.3. The van der Waals surface area contributed by atoms with E-state index in [1.54, 1.807) is 0 Å². The summed E-state index contributed by atoms with van der Waals surface area (Å²) in [5, 5.41) is 8.64. The molecule has 0 unspecified atom stereocenters. The fraction of sp³-hybridized carbons (Fsp3) is 0.800. The third-order valence-corrected chi connectivity index (χ3v) is 2.84. The molecule has 1 rings (SSSR count). The molecule has 1 aliphatic rings. The molecule has 84 valence electrons. The molecule has 3 nitrogen and oxygen atoms in total. The molecule has 0 bridgehead atoms. The minimum Gasteiger partial charge on any atom is -0.322 e. The lowest BCUT2D eigenvalue weighted by Crippen LogP contribution is -2.32. The van der Waals surface area contributed by atoms with Gasteiger partial charge in [0.2, 0.25) is 0 Å². The zero-order valence-corrected chi connectivity index (χ0v) is 8.34. The van der Waals surface area contributed by atoms with Crippen LogP contribution >= 0.6 is 0 Å². The van der Waals surface area contributed by atoms with Gasteiger partial charge < -0.3 is 4.74 Å².